The highest BCUT2D eigenvalue weighted by atomic mass is 14.9. The topological polar surface area (TPSA) is 36.4 Å². The number of hydrogen-bond acceptors (Lipinski definition) is 0. The molecule has 16 heavy (non-hydrogen) atoms. The van der Waals surface area contributed by atoms with E-state index in [1.807, 2.05) is 36.4 Å². The van der Waals surface area contributed by atoms with Gasteiger partial charge in [0, 0.05) is 0 Å². The van der Waals surface area contributed by atoms with Gasteiger partial charge in [-0.3, -0.25) is 0 Å². The van der Waals surface area contributed by atoms with Crippen LogP contribution in [-0.4, -0.2) is 10.5 Å². The molecule has 0 aromatic heterocycles. The van der Waals surface area contributed by atoms with Crippen molar-refractivity contribution in [2.75, 3.05) is 0 Å². The lowest BCUT2D eigenvalue weighted by Gasteiger charge is -2.15. The normalized spacial score (nSPS) is 12.6. The molecule has 1 aliphatic carbocycles. The monoisotopic (exact) mass is 206 g/mol. The summed E-state index contributed by atoms with van der Waals surface area (Å²) in [7, 11) is 0. The zero-order valence-electron chi connectivity index (χ0n) is 8.72. The summed E-state index contributed by atoms with van der Waals surface area (Å²) in [4.78, 5) is 3.45. The molecule has 3 rings (SSSR count). The largest absolute Gasteiger partial charge is 0.361 e. The fourth-order valence-electron chi connectivity index (χ4n) is 2.27. The van der Waals surface area contributed by atoms with Gasteiger partial charge in [-0.1, -0.05) is 36.4 Å². The second-order valence-electron chi connectivity index (χ2n) is 3.94. The zero-order chi connectivity index (χ0) is 11.0. The SMILES string of the molecule is [N-]=[N+]=C1c2ccccc2Cc2ccccc21. The standard InChI is InChI=1S/C14H10N2/c15-16-14-12-7-3-1-5-10(12)9-11-6-2-4-8-13(11)14/h1-8H,9H2. The lowest BCUT2D eigenvalue weighted by atomic mass is 9.85. The Morgan fingerprint density at radius 2 is 1.31 bits per heavy atom. The number of benzene rings is 2. The molecule has 2 nitrogen and oxygen atoms in total. The Hall–Kier alpha value is -2.18. The van der Waals surface area contributed by atoms with Crippen LogP contribution in [0.3, 0.4) is 0 Å². The van der Waals surface area contributed by atoms with Crippen LogP contribution >= 0.6 is 0 Å². The molecule has 0 fully saturated rings. The van der Waals surface area contributed by atoms with Gasteiger partial charge in [0.1, 0.15) is 0 Å². The highest BCUT2D eigenvalue weighted by Gasteiger charge is 2.26. The van der Waals surface area contributed by atoms with Gasteiger partial charge < -0.3 is 5.53 Å². The summed E-state index contributed by atoms with van der Waals surface area (Å²) in [5, 5.41) is 0. The van der Waals surface area contributed by atoms with Crippen LogP contribution in [0.5, 0.6) is 0 Å². The van der Waals surface area contributed by atoms with Crippen LogP contribution in [-0.2, 0) is 6.42 Å². The van der Waals surface area contributed by atoms with Gasteiger partial charge in [-0.05, 0) is 29.7 Å². The molecule has 0 aliphatic heterocycles. The van der Waals surface area contributed by atoms with E-state index < -0.39 is 0 Å². The molecule has 0 radical (unpaired) electrons. The highest BCUT2D eigenvalue weighted by molar-refractivity contribution is 6.12. The van der Waals surface area contributed by atoms with Gasteiger partial charge in [-0.25, -0.2) is 0 Å². The smallest absolute Gasteiger partial charge is 0.330 e. The average molecular weight is 206 g/mol. The molecule has 0 amide bonds. The van der Waals surface area contributed by atoms with Gasteiger partial charge >= 0.3 is 5.71 Å². The molecule has 0 saturated carbocycles. The maximum Gasteiger partial charge on any atom is 0.330 e. The average Bonchev–Trinajstić information content (AvgIpc) is 2.36. The van der Waals surface area contributed by atoms with E-state index in [4.69, 9.17) is 0 Å². The first-order chi connectivity index (χ1) is 7.90. The predicted molar refractivity (Wildman–Crippen MR) is 62.5 cm³/mol. The maximum atomic E-state index is 9.17. The Morgan fingerprint density at radius 1 is 0.812 bits per heavy atom. The molecular formula is C14H10N2. The number of fused-ring (bicyclic) bond motifs is 2. The third kappa shape index (κ3) is 1.21. The molecule has 0 atom stereocenters. The van der Waals surface area contributed by atoms with Gasteiger partial charge in [0.05, 0.1) is 11.1 Å². The summed E-state index contributed by atoms with van der Waals surface area (Å²) in [5.74, 6) is 0. The molecule has 0 heterocycles. The van der Waals surface area contributed by atoms with Crippen molar-refractivity contribution in [3.05, 3.63) is 76.3 Å². The van der Waals surface area contributed by atoms with Crippen molar-refractivity contribution in [2.24, 2.45) is 0 Å². The molecule has 0 spiro atoms. The van der Waals surface area contributed by atoms with Crippen LogP contribution in [0.1, 0.15) is 22.3 Å². The van der Waals surface area contributed by atoms with Crippen LogP contribution < -0.4 is 0 Å². The molecule has 0 N–H and O–H groups in total. The molecule has 76 valence electrons. The van der Waals surface area contributed by atoms with Gasteiger partial charge in [0.15, 0.2) is 0 Å². The first-order valence-corrected chi connectivity index (χ1v) is 5.29. The van der Waals surface area contributed by atoms with Crippen LogP contribution in [0.2, 0.25) is 0 Å². The van der Waals surface area contributed by atoms with Crippen molar-refractivity contribution >= 4 is 5.71 Å². The van der Waals surface area contributed by atoms with E-state index in [9.17, 15) is 5.53 Å². The lowest BCUT2D eigenvalue weighted by molar-refractivity contribution is -0.00306. The quantitative estimate of drug-likeness (QED) is 0.400. The Morgan fingerprint density at radius 3 is 1.81 bits per heavy atom. The minimum absolute atomic E-state index is 0.678. The third-order valence-corrected chi connectivity index (χ3v) is 3.03. The lowest BCUT2D eigenvalue weighted by Crippen LogP contribution is -2.16. The Labute approximate surface area is 93.8 Å². The fourth-order valence-corrected chi connectivity index (χ4v) is 2.27. The van der Waals surface area contributed by atoms with Crippen LogP contribution in [0.4, 0.5) is 0 Å². The summed E-state index contributed by atoms with van der Waals surface area (Å²) in [5.41, 5.74) is 14.3. The summed E-state index contributed by atoms with van der Waals surface area (Å²) in [6.45, 7) is 0. The van der Waals surface area contributed by atoms with Crippen LogP contribution in [0.15, 0.2) is 48.5 Å². The Bertz CT molecular complexity index is 560. The molecule has 2 aromatic carbocycles. The van der Waals surface area contributed by atoms with E-state index in [1.165, 1.54) is 11.1 Å². The van der Waals surface area contributed by atoms with Crippen molar-refractivity contribution in [1.29, 1.82) is 0 Å². The van der Waals surface area contributed by atoms with E-state index in [1.54, 1.807) is 0 Å². The molecule has 2 aromatic rings. The van der Waals surface area contributed by atoms with Crippen molar-refractivity contribution in [1.82, 2.24) is 0 Å². The Kier molecular flexibility index (Phi) is 1.95. The molecule has 1 aliphatic rings. The van der Waals surface area contributed by atoms with E-state index in [-0.39, 0.29) is 0 Å². The summed E-state index contributed by atoms with van der Waals surface area (Å²) < 4.78 is 0. The number of hydrogen-bond donors (Lipinski definition) is 0. The zero-order valence-corrected chi connectivity index (χ0v) is 8.72. The molecule has 0 unspecified atom stereocenters. The van der Waals surface area contributed by atoms with E-state index >= 15 is 0 Å². The summed E-state index contributed by atoms with van der Waals surface area (Å²) in [6.07, 6.45) is 0.908. The van der Waals surface area contributed by atoms with E-state index in [2.05, 4.69) is 16.9 Å². The van der Waals surface area contributed by atoms with Gasteiger partial charge in [-0.15, -0.1) is 0 Å². The van der Waals surface area contributed by atoms with E-state index in [0.717, 1.165) is 17.5 Å². The Balaban J connectivity index is 2.32. The highest BCUT2D eigenvalue weighted by Crippen LogP contribution is 2.26. The molecule has 0 bridgehead atoms. The predicted octanol–water partition coefficient (Wildman–Crippen LogP) is 2.66. The van der Waals surface area contributed by atoms with E-state index in [0.29, 0.717) is 5.71 Å². The van der Waals surface area contributed by atoms with Gasteiger partial charge in [-0.2, -0.15) is 4.79 Å². The second kappa shape index (κ2) is 3.44. The van der Waals surface area contributed by atoms with Gasteiger partial charge in [0.2, 0.25) is 0 Å². The summed E-state index contributed by atoms with van der Waals surface area (Å²) in [6, 6.07) is 16.1. The number of rotatable bonds is 0. The van der Waals surface area contributed by atoms with Crippen molar-refractivity contribution in [3.8, 4) is 0 Å². The number of nitrogens with zero attached hydrogens (tertiary/aromatic N) is 2. The van der Waals surface area contributed by atoms with Crippen LogP contribution in [0.25, 0.3) is 5.53 Å². The maximum absolute atomic E-state index is 9.17. The first-order valence-electron chi connectivity index (χ1n) is 5.29. The third-order valence-electron chi connectivity index (χ3n) is 3.03. The molecular weight excluding hydrogens is 196 g/mol. The van der Waals surface area contributed by atoms with Crippen molar-refractivity contribution in [2.45, 2.75) is 6.42 Å². The van der Waals surface area contributed by atoms with Crippen molar-refractivity contribution in [3.63, 3.8) is 0 Å². The second-order valence-corrected chi connectivity index (χ2v) is 3.94. The summed E-state index contributed by atoms with van der Waals surface area (Å²) >= 11 is 0. The first kappa shape index (κ1) is 9.08. The molecule has 0 saturated heterocycles. The minimum Gasteiger partial charge on any atom is -0.361 e. The molecule has 2 heteroatoms. The van der Waals surface area contributed by atoms with Crippen LogP contribution in [0, 0.1) is 0 Å². The fraction of sp³-hybridized carbons (Fsp3) is 0.0714. The minimum atomic E-state index is 0.678. The van der Waals surface area contributed by atoms with Gasteiger partial charge in [0.25, 0.3) is 0 Å². The van der Waals surface area contributed by atoms with Crippen molar-refractivity contribution < 1.29 is 4.79 Å².